The Morgan fingerprint density at radius 1 is 1.00 bits per heavy atom. The lowest BCUT2D eigenvalue weighted by Gasteiger charge is -2.21. The predicted octanol–water partition coefficient (Wildman–Crippen LogP) is 13.5. The van der Waals surface area contributed by atoms with Gasteiger partial charge in [0.2, 0.25) is 0 Å². The summed E-state index contributed by atoms with van der Waals surface area (Å²) in [5, 5.41) is 3.61. The molecule has 1 saturated heterocycles. The van der Waals surface area contributed by atoms with Gasteiger partial charge in [-0.05, 0) is 144 Å². The summed E-state index contributed by atoms with van der Waals surface area (Å²) in [6.45, 7) is 19.3. The molecular formula is C49H56BNO2. The highest BCUT2D eigenvalue weighted by molar-refractivity contribution is 6.48. The molecule has 0 saturated carbocycles. The molecule has 3 aromatic carbocycles. The van der Waals surface area contributed by atoms with Gasteiger partial charge >= 0.3 is 7.12 Å². The second kappa shape index (κ2) is 16.7. The minimum atomic E-state index is -0.283. The van der Waals surface area contributed by atoms with Crippen LogP contribution in [0.15, 0.2) is 126 Å². The molecule has 1 aliphatic heterocycles. The third kappa shape index (κ3) is 8.67. The fraction of sp³-hybridized carbons (Fsp3) is 0.327. The molecule has 1 aromatic heterocycles. The molecule has 272 valence electrons. The number of aryl methyl sites for hydroxylation is 1. The van der Waals surface area contributed by atoms with Gasteiger partial charge in [-0.25, -0.2) is 4.98 Å². The summed E-state index contributed by atoms with van der Waals surface area (Å²) in [6, 6.07) is 20.2. The Labute approximate surface area is 318 Å². The summed E-state index contributed by atoms with van der Waals surface area (Å²) in [5.41, 5.74) is 13.3. The maximum Gasteiger partial charge on any atom is 0.464 e. The van der Waals surface area contributed by atoms with Gasteiger partial charge in [0.25, 0.3) is 0 Å². The molecule has 4 heteroatoms. The van der Waals surface area contributed by atoms with E-state index in [0.717, 1.165) is 42.5 Å². The summed E-state index contributed by atoms with van der Waals surface area (Å²) in [4.78, 5) is 5.39. The van der Waals surface area contributed by atoms with E-state index in [1.54, 1.807) is 0 Å². The van der Waals surface area contributed by atoms with Gasteiger partial charge in [0, 0.05) is 22.2 Å². The number of hydrogen-bond acceptors (Lipinski definition) is 3. The van der Waals surface area contributed by atoms with Crippen LogP contribution in [0, 0.1) is 6.92 Å². The van der Waals surface area contributed by atoms with Gasteiger partial charge in [-0.15, -0.1) is 0 Å². The molecule has 2 atom stereocenters. The largest absolute Gasteiger partial charge is 0.464 e. The van der Waals surface area contributed by atoms with E-state index in [9.17, 15) is 0 Å². The van der Waals surface area contributed by atoms with Crippen LogP contribution in [0.2, 0.25) is 5.82 Å². The molecular weight excluding hydrogens is 645 g/mol. The van der Waals surface area contributed by atoms with Crippen LogP contribution in [-0.2, 0) is 15.7 Å². The third-order valence-corrected chi connectivity index (χ3v) is 10.9. The van der Waals surface area contributed by atoms with Crippen molar-refractivity contribution in [3.05, 3.63) is 148 Å². The van der Waals surface area contributed by atoms with Crippen LogP contribution in [0.3, 0.4) is 0 Å². The fourth-order valence-electron chi connectivity index (χ4n) is 7.52. The van der Waals surface area contributed by atoms with Crippen LogP contribution in [0.4, 0.5) is 0 Å². The first-order chi connectivity index (χ1) is 25.5. The third-order valence-electron chi connectivity index (χ3n) is 10.9. The predicted molar refractivity (Wildman–Crippen MR) is 230 cm³/mol. The van der Waals surface area contributed by atoms with E-state index in [-0.39, 0.29) is 24.6 Å². The summed E-state index contributed by atoms with van der Waals surface area (Å²) in [6.07, 6.45) is 26.5. The summed E-state index contributed by atoms with van der Waals surface area (Å²) in [5.74, 6) is 0.127. The number of hydrogen-bond donors (Lipinski definition) is 0. The quantitative estimate of drug-likeness (QED) is 0.0886. The Morgan fingerprint density at radius 3 is 2.51 bits per heavy atom. The maximum atomic E-state index is 6.23. The molecule has 53 heavy (non-hydrogen) atoms. The van der Waals surface area contributed by atoms with E-state index in [2.05, 4.69) is 178 Å². The number of benzene rings is 3. The van der Waals surface area contributed by atoms with Crippen LogP contribution < -0.4 is 0 Å². The lowest BCUT2D eigenvalue weighted by Crippen LogP contribution is -2.30. The van der Waals surface area contributed by atoms with Gasteiger partial charge in [-0.3, -0.25) is 0 Å². The molecule has 1 aliphatic carbocycles. The average Bonchev–Trinajstić information content (AvgIpc) is 3.43. The minimum Gasteiger partial charge on any atom is -0.405 e. The number of aromatic nitrogens is 1. The van der Waals surface area contributed by atoms with Crippen LogP contribution in [0.25, 0.3) is 44.6 Å². The average molecular weight is 702 g/mol. The number of fused-ring (bicyclic) bond motifs is 3. The molecule has 0 N–H and O–H groups in total. The molecule has 2 heterocycles. The van der Waals surface area contributed by atoms with E-state index in [4.69, 9.17) is 14.3 Å². The Balaban J connectivity index is 1.50. The minimum absolute atomic E-state index is 0.0593. The molecule has 2 aliphatic rings. The normalized spacial score (nSPS) is 19.0. The molecule has 4 aromatic rings. The first kappa shape index (κ1) is 38.2. The second-order valence-electron chi connectivity index (χ2n) is 15.5. The number of rotatable bonds is 11. The number of nitrogens with zero attached hydrogens (tertiary/aromatic N) is 1. The summed E-state index contributed by atoms with van der Waals surface area (Å²) in [7, 11) is -0.244. The van der Waals surface area contributed by atoms with Gasteiger partial charge in [0.15, 0.2) is 0 Å². The van der Waals surface area contributed by atoms with Crippen molar-refractivity contribution < 1.29 is 9.31 Å². The molecule has 0 amide bonds. The number of pyridine rings is 1. The van der Waals surface area contributed by atoms with E-state index >= 15 is 0 Å². The highest BCUT2D eigenvalue weighted by atomic mass is 16.7. The zero-order valence-electron chi connectivity index (χ0n) is 33.3. The van der Waals surface area contributed by atoms with Crippen LogP contribution in [0.5, 0.6) is 0 Å². The fourth-order valence-corrected chi connectivity index (χ4v) is 7.52. The number of para-hydroxylation sites is 1. The van der Waals surface area contributed by atoms with Gasteiger partial charge in [0.1, 0.15) is 0 Å². The first-order valence-electron chi connectivity index (χ1n) is 19.4. The molecule has 3 nitrogen and oxygen atoms in total. The highest BCUT2D eigenvalue weighted by Crippen LogP contribution is 2.39. The highest BCUT2D eigenvalue weighted by Gasteiger charge is 2.44. The van der Waals surface area contributed by atoms with Crippen molar-refractivity contribution in [2.75, 3.05) is 0 Å². The van der Waals surface area contributed by atoms with Crippen molar-refractivity contribution in [3.8, 4) is 11.3 Å². The van der Waals surface area contributed by atoms with E-state index < -0.39 is 0 Å². The number of allylic oxidation sites excluding steroid dienone is 13. The topological polar surface area (TPSA) is 31.4 Å². The van der Waals surface area contributed by atoms with Gasteiger partial charge < -0.3 is 9.31 Å². The van der Waals surface area contributed by atoms with Crippen molar-refractivity contribution in [2.45, 2.75) is 106 Å². The smallest absolute Gasteiger partial charge is 0.405 e. The zero-order valence-corrected chi connectivity index (χ0v) is 33.3. The van der Waals surface area contributed by atoms with Crippen molar-refractivity contribution in [1.82, 2.24) is 4.98 Å². The Bertz CT molecular complexity index is 2210. The van der Waals surface area contributed by atoms with Crippen molar-refractivity contribution >= 4 is 40.4 Å². The van der Waals surface area contributed by atoms with Crippen molar-refractivity contribution in [3.63, 3.8) is 0 Å². The van der Waals surface area contributed by atoms with Gasteiger partial charge in [0.05, 0.1) is 22.9 Å². The lowest BCUT2D eigenvalue weighted by molar-refractivity contribution is 0.0838. The molecule has 0 bridgehead atoms. The van der Waals surface area contributed by atoms with Crippen LogP contribution in [-0.4, -0.2) is 23.8 Å². The molecule has 2 unspecified atom stereocenters. The molecule has 0 radical (unpaired) electrons. The van der Waals surface area contributed by atoms with Crippen LogP contribution >= 0.6 is 0 Å². The van der Waals surface area contributed by atoms with Crippen molar-refractivity contribution in [2.24, 2.45) is 0 Å². The monoisotopic (exact) mass is 701 g/mol. The van der Waals surface area contributed by atoms with Crippen molar-refractivity contribution in [1.29, 1.82) is 0 Å². The molecule has 0 spiro atoms. The van der Waals surface area contributed by atoms with E-state index in [0.29, 0.717) is 0 Å². The first-order valence-corrected chi connectivity index (χ1v) is 19.4. The maximum absolute atomic E-state index is 6.23. The SMILES string of the molecule is C/C=C\C=C(/C)C/C(C)=C(/C=C\C)c1cc2c(-c3ccc(/C=C/C(C)B4OC(C)C(C)(C)O4)c(C)c3)nc3ccccc3c2cc1CC1=CCCC=C1. The second-order valence-corrected chi connectivity index (χ2v) is 15.5. The standard InChI is InChI=1S/C49H56BNO2/c1-10-12-19-33(3)28-35(5)42(18-11-2)44-32-46-45(31-41(44)30-38-20-14-13-15-21-38)43-22-16-17-23-47(43)51-48(46)40-27-26-39(34(4)29-40)25-24-36(6)50-52-37(7)49(8,9)53-50/h10-12,14,16-27,29,31-32,36-37H,13,15,28,30H2,1-9H3/b12-10-,18-11-,25-24+,33-19+,42-35-. The zero-order chi connectivity index (χ0) is 37.7. The van der Waals surface area contributed by atoms with Crippen LogP contribution in [0.1, 0.15) is 96.9 Å². The Kier molecular flexibility index (Phi) is 12.0. The molecule has 6 rings (SSSR count). The van der Waals surface area contributed by atoms with Gasteiger partial charge in [-0.1, -0.05) is 109 Å². The van der Waals surface area contributed by atoms with E-state index in [1.165, 1.54) is 60.7 Å². The van der Waals surface area contributed by atoms with E-state index in [1.807, 2.05) is 0 Å². The summed E-state index contributed by atoms with van der Waals surface area (Å²) < 4.78 is 12.4. The van der Waals surface area contributed by atoms with Gasteiger partial charge in [-0.2, -0.15) is 0 Å². The molecule has 1 fully saturated rings. The Hall–Kier alpha value is -4.51. The Morgan fingerprint density at radius 2 is 1.81 bits per heavy atom. The summed E-state index contributed by atoms with van der Waals surface area (Å²) >= 11 is 0. The lowest BCUT2D eigenvalue weighted by atomic mass is 9.73.